The predicted molar refractivity (Wildman–Crippen MR) is 91.4 cm³/mol. The minimum atomic E-state index is -0.463. The fourth-order valence-corrected chi connectivity index (χ4v) is 3.58. The van der Waals surface area contributed by atoms with E-state index < -0.39 is 5.41 Å². The summed E-state index contributed by atoms with van der Waals surface area (Å²) in [6.07, 6.45) is 8.45. The maximum atomic E-state index is 12.8. The highest BCUT2D eigenvalue weighted by Gasteiger charge is 2.38. The van der Waals surface area contributed by atoms with E-state index in [0.29, 0.717) is 18.1 Å². The Bertz CT molecular complexity index is 482. The highest BCUT2D eigenvalue weighted by molar-refractivity contribution is 7.98. The lowest BCUT2D eigenvalue weighted by Crippen LogP contribution is -2.37. The smallest absolute Gasteiger partial charge is 0.144 e. The molecular weight excluding hydrogens is 294 g/mol. The Hall–Kier alpha value is -0.870. The van der Waals surface area contributed by atoms with Crippen molar-refractivity contribution in [2.24, 2.45) is 5.92 Å². The number of ether oxygens (including phenoxy) is 1. The molecule has 1 unspecified atom stereocenters. The lowest BCUT2D eigenvalue weighted by atomic mass is 9.72. The predicted octanol–water partition coefficient (Wildman–Crippen LogP) is 4.25. The molecule has 1 fully saturated rings. The van der Waals surface area contributed by atoms with Crippen LogP contribution in [0.25, 0.3) is 0 Å². The number of Topliss-reactive ketones (excluding diaryl/α,β-unsaturated/α-hetero) is 1. The molecule has 4 heteroatoms. The van der Waals surface area contributed by atoms with Gasteiger partial charge in [0.05, 0.1) is 11.1 Å². The molecule has 0 spiro atoms. The number of nitrogens with zero attached hydrogens (tertiary/aromatic N) is 1. The number of hydrogen-bond acceptors (Lipinski definition) is 4. The van der Waals surface area contributed by atoms with Crippen LogP contribution in [0, 0.1) is 5.92 Å². The summed E-state index contributed by atoms with van der Waals surface area (Å²) in [5.41, 5.74) is 0.463. The molecule has 1 atom stereocenters. The zero-order valence-corrected chi connectivity index (χ0v) is 14.7. The molecule has 0 radical (unpaired) electrons. The van der Waals surface area contributed by atoms with Gasteiger partial charge in [-0.3, -0.25) is 9.78 Å². The van der Waals surface area contributed by atoms with E-state index in [1.165, 1.54) is 0 Å². The number of hydrogen-bond donors (Lipinski definition) is 0. The van der Waals surface area contributed by atoms with E-state index in [1.54, 1.807) is 11.8 Å². The van der Waals surface area contributed by atoms with E-state index in [0.717, 1.165) is 49.5 Å². The highest BCUT2D eigenvalue weighted by Crippen LogP contribution is 2.36. The van der Waals surface area contributed by atoms with Crippen molar-refractivity contribution < 1.29 is 9.53 Å². The molecule has 0 aliphatic carbocycles. The molecule has 1 aliphatic rings. The van der Waals surface area contributed by atoms with Crippen molar-refractivity contribution in [1.29, 1.82) is 0 Å². The monoisotopic (exact) mass is 321 g/mol. The van der Waals surface area contributed by atoms with Gasteiger partial charge in [-0.25, -0.2) is 0 Å². The molecule has 0 aromatic carbocycles. The normalized spacial score (nSPS) is 18.9. The Labute approximate surface area is 138 Å². The Balaban J connectivity index is 2.24. The van der Waals surface area contributed by atoms with E-state index in [4.69, 9.17) is 4.74 Å². The lowest BCUT2D eigenvalue weighted by molar-refractivity contribution is -0.125. The van der Waals surface area contributed by atoms with Crippen molar-refractivity contribution in [2.75, 3.05) is 19.5 Å². The summed E-state index contributed by atoms with van der Waals surface area (Å²) in [6.45, 7) is 5.79. The first-order chi connectivity index (χ1) is 10.6. The third-order valence-electron chi connectivity index (χ3n) is 4.67. The van der Waals surface area contributed by atoms with Crippen LogP contribution >= 0.6 is 11.8 Å². The summed E-state index contributed by atoms with van der Waals surface area (Å²) < 4.78 is 5.45. The highest BCUT2D eigenvalue weighted by atomic mass is 32.2. The molecule has 0 bridgehead atoms. The van der Waals surface area contributed by atoms with Crippen LogP contribution in [0.1, 0.15) is 51.6 Å². The van der Waals surface area contributed by atoms with Crippen LogP contribution in [0.3, 0.4) is 0 Å². The van der Waals surface area contributed by atoms with E-state index in [1.807, 2.05) is 18.5 Å². The summed E-state index contributed by atoms with van der Waals surface area (Å²) in [4.78, 5) is 18.6. The van der Waals surface area contributed by atoms with Crippen LogP contribution in [0.4, 0.5) is 0 Å². The SMILES string of the molecule is CCCC(=O)C(C)(CC1CCOCC1)c1ccc(SC)cn1. The first-order valence-electron chi connectivity index (χ1n) is 8.21. The molecule has 2 heterocycles. The van der Waals surface area contributed by atoms with Gasteiger partial charge in [-0.05, 0) is 56.9 Å². The van der Waals surface area contributed by atoms with Crippen LogP contribution < -0.4 is 0 Å². The fraction of sp³-hybridized carbons (Fsp3) is 0.667. The molecule has 1 aromatic heterocycles. The number of aromatic nitrogens is 1. The van der Waals surface area contributed by atoms with Gasteiger partial charge >= 0.3 is 0 Å². The van der Waals surface area contributed by atoms with Crippen molar-refractivity contribution in [1.82, 2.24) is 4.98 Å². The van der Waals surface area contributed by atoms with Gasteiger partial charge in [-0.15, -0.1) is 11.8 Å². The van der Waals surface area contributed by atoms with Gasteiger partial charge in [-0.2, -0.15) is 0 Å². The molecular formula is C18H27NO2S. The molecule has 1 aliphatic heterocycles. The Morgan fingerprint density at radius 2 is 2.14 bits per heavy atom. The maximum absolute atomic E-state index is 12.8. The van der Waals surface area contributed by atoms with Gasteiger partial charge in [-0.1, -0.05) is 6.92 Å². The molecule has 22 heavy (non-hydrogen) atoms. The molecule has 0 N–H and O–H groups in total. The second-order valence-corrected chi connectivity index (χ2v) is 7.23. The molecule has 1 aromatic rings. The van der Waals surface area contributed by atoms with E-state index >= 15 is 0 Å². The number of thioether (sulfide) groups is 1. The van der Waals surface area contributed by atoms with Gasteiger partial charge in [0, 0.05) is 30.7 Å². The first-order valence-corrected chi connectivity index (χ1v) is 9.44. The zero-order valence-electron chi connectivity index (χ0n) is 13.9. The summed E-state index contributed by atoms with van der Waals surface area (Å²) in [7, 11) is 0. The van der Waals surface area contributed by atoms with Crippen LogP contribution in [0.15, 0.2) is 23.2 Å². The molecule has 2 rings (SSSR count). The topological polar surface area (TPSA) is 39.2 Å². The maximum Gasteiger partial charge on any atom is 0.144 e. The number of carbonyl (C=O) groups is 1. The second kappa shape index (κ2) is 8.11. The van der Waals surface area contributed by atoms with E-state index in [9.17, 15) is 4.79 Å². The van der Waals surface area contributed by atoms with Gasteiger partial charge in [0.25, 0.3) is 0 Å². The van der Waals surface area contributed by atoms with Gasteiger partial charge < -0.3 is 4.74 Å². The largest absolute Gasteiger partial charge is 0.381 e. The third-order valence-corrected chi connectivity index (χ3v) is 5.38. The number of ketones is 1. The van der Waals surface area contributed by atoms with Crippen molar-refractivity contribution in [3.63, 3.8) is 0 Å². The third kappa shape index (κ3) is 4.11. The zero-order chi connectivity index (χ0) is 16.0. The minimum absolute atomic E-state index is 0.325. The van der Waals surface area contributed by atoms with Gasteiger partial charge in [0.1, 0.15) is 5.78 Å². The van der Waals surface area contributed by atoms with Crippen molar-refractivity contribution in [2.45, 2.75) is 56.3 Å². The average Bonchev–Trinajstić information content (AvgIpc) is 2.56. The molecule has 0 saturated carbocycles. The van der Waals surface area contributed by atoms with Crippen LogP contribution in [0.2, 0.25) is 0 Å². The Morgan fingerprint density at radius 3 is 2.68 bits per heavy atom. The van der Waals surface area contributed by atoms with Crippen LogP contribution in [-0.2, 0) is 14.9 Å². The quantitative estimate of drug-likeness (QED) is 0.704. The summed E-state index contributed by atoms with van der Waals surface area (Å²) in [5.74, 6) is 0.882. The van der Waals surface area contributed by atoms with Crippen molar-refractivity contribution in [3.8, 4) is 0 Å². The van der Waals surface area contributed by atoms with Crippen LogP contribution in [-0.4, -0.2) is 30.2 Å². The van der Waals surface area contributed by atoms with Crippen molar-refractivity contribution >= 4 is 17.5 Å². The molecule has 3 nitrogen and oxygen atoms in total. The number of carbonyl (C=O) groups excluding carboxylic acids is 1. The lowest BCUT2D eigenvalue weighted by Gasteiger charge is -2.33. The summed E-state index contributed by atoms with van der Waals surface area (Å²) in [5, 5.41) is 0. The molecule has 1 saturated heterocycles. The van der Waals surface area contributed by atoms with Crippen molar-refractivity contribution in [3.05, 3.63) is 24.0 Å². The molecule has 0 amide bonds. The number of rotatable bonds is 7. The van der Waals surface area contributed by atoms with E-state index in [2.05, 4.69) is 24.9 Å². The van der Waals surface area contributed by atoms with E-state index in [-0.39, 0.29) is 0 Å². The fourth-order valence-electron chi connectivity index (χ4n) is 3.22. The summed E-state index contributed by atoms with van der Waals surface area (Å²) in [6, 6.07) is 4.12. The second-order valence-electron chi connectivity index (χ2n) is 6.35. The standard InChI is InChI=1S/C18H27NO2S/c1-4-5-17(20)18(2,12-14-8-10-21-11-9-14)16-7-6-15(22-3)13-19-16/h6-7,13-14H,4-5,8-12H2,1-3H3. The van der Waals surface area contributed by atoms with Gasteiger partial charge in [0.2, 0.25) is 0 Å². The first kappa shape index (κ1) is 17.5. The summed E-state index contributed by atoms with van der Waals surface area (Å²) >= 11 is 1.68. The minimum Gasteiger partial charge on any atom is -0.381 e. The molecule has 122 valence electrons. The van der Waals surface area contributed by atoms with Gasteiger partial charge in [0.15, 0.2) is 0 Å². The number of pyridine rings is 1. The van der Waals surface area contributed by atoms with Crippen LogP contribution in [0.5, 0.6) is 0 Å². The Morgan fingerprint density at radius 1 is 1.41 bits per heavy atom. The Kier molecular flexibility index (Phi) is 6.45. The average molecular weight is 321 g/mol.